The molecule has 100 valence electrons. The van der Waals surface area contributed by atoms with Crippen LogP contribution in [0.4, 0.5) is 5.82 Å². The van der Waals surface area contributed by atoms with Crippen LogP contribution >= 0.6 is 0 Å². The topological polar surface area (TPSA) is 47.0 Å². The monoisotopic (exact) mass is 265 g/mol. The maximum absolute atomic E-state index is 5.27. The number of aromatic nitrogens is 2. The molecule has 0 fully saturated rings. The third-order valence-electron chi connectivity index (χ3n) is 3.25. The molecule has 0 aliphatic carbocycles. The smallest absolute Gasteiger partial charge is 0.127 e. The van der Waals surface area contributed by atoms with Crippen molar-refractivity contribution in [2.24, 2.45) is 0 Å². The van der Waals surface area contributed by atoms with Gasteiger partial charge in [0.25, 0.3) is 0 Å². The molecule has 2 aromatic heterocycles. The summed E-state index contributed by atoms with van der Waals surface area (Å²) < 4.78 is 5.27. The van der Waals surface area contributed by atoms with Crippen LogP contribution in [0.1, 0.15) is 0 Å². The molecule has 2 heterocycles. The van der Waals surface area contributed by atoms with Gasteiger partial charge in [0, 0.05) is 36.5 Å². The average molecular weight is 265 g/mol. The number of anilines is 1. The Morgan fingerprint density at radius 3 is 2.75 bits per heavy atom. The van der Waals surface area contributed by atoms with Gasteiger partial charge in [-0.25, -0.2) is 4.98 Å². The van der Waals surface area contributed by atoms with E-state index in [2.05, 4.69) is 15.3 Å². The first-order valence-corrected chi connectivity index (χ1v) is 6.39. The van der Waals surface area contributed by atoms with E-state index in [0.717, 1.165) is 33.6 Å². The lowest BCUT2D eigenvalue weighted by molar-refractivity contribution is 0.415. The summed E-state index contributed by atoms with van der Waals surface area (Å²) in [6.07, 6.45) is 3.63. The molecule has 4 nitrogen and oxygen atoms in total. The van der Waals surface area contributed by atoms with Gasteiger partial charge >= 0.3 is 0 Å². The van der Waals surface area contributed by atoms with Gasteiger partial charge in [0.1, 0.15) is 11.6 Å². The van der Waals surface area contributed by atoms with Gasteiger partial charge in [-0.3, -0.25) is 4.98 Å². The molecule has 0 radical (unpaired) electrons. The minimum atomic E-state index is 0.801. The molecule has 0 aliphatic heterocycles. The standard InChI is InChI=1S/C16H15N3O/c1-17-16-9-14(11-4-3-7-18-10-11)13-6-5-12(20-2)8-15(13)19-16/h3-10H,1-2H3,(H,17,19). The molecular formula is C16H15N3O. The number of methoxy groups -OCH3 is 1. The van der Waals surface area contributed by atoms with Crippen LogP contribution in [0.25, 0.3) is 22.0 Å². The van der Waals surface area contributed by atoms with Crippen LogP contribution in [-0.2, 0) is 0 Å². The molecule has 20 heavy (non-hydrogen) atoms. The van der Waals surface area contributed by atoms with E-state index in [-0.39, 0.29) is 0 Å². The molecule has 4 heteroatoms. The highest BCUT2D eigenvalue weighted by molar-refractivity contribution is 5.96. The molecular weight excluding hydrogens is 250 g/mol. The van der Waals surface area contributed by atoms with Crippen LogP contribution < -0.4 is 10.1 Å². The zero-order valence-corrected chi connectivity index (χ0v) is 11.4. The van der Waals surface area contributed by atoms with Crippen LogP contribution in [-0.4, -0.2) is 24.1 Å². The summed E-state index contributed by atoms with van der Waals surface area (Å²) >= 11 is 0. The van der Waals surface area contributed by atoms with Crippen LogP contribution in [0.2, 0.25) is 0 Å². The fourth-order valence-corrected chi connectivity index (χ4v) is 2.22. The Labute approximate surface area is 117 Å². The number of fused-ring (bicyclic) bond motifs is 1. The summed E-state index contributed by atoms with van der Waals surface area (Å²) in [4.78, 5) is 8.77. The number of rotatable bonds is 3. The Morgan fingerprint density at radius 1 is 1.15 bits per heavy atom. The van der Waals surface area contributed by atoms with Crippen molar-refractivity contribution in [1.82, 2.24) is 9.97 Å². The number of hydrogen-bond acceptors (Lipinski definition) is 4. The quantitative estimate of drug-likeness (QED) is 0.789. The summed E-state index contributed by atoms with van der Waals surface area (Å²) in [5, 5.41) is 4.18. The lowest BCUT2D eigenvalue weighted by atomic mass is 10.0. The number of nitrogens with zero attached hydrogens (tertiary/aromatic N) is 2. The first-order valence-electron chi connectivity index (χ1n) is 6.39. The van der Waals surface area contributed by atoms with Gasteiger partial charge in [-0.1, -0.05) is 6.07 Å². The molecule has 3 aromatic rings. The van der Waals surface area contributed by atoms with Gasteiger partial charge in [-0.05, 0) is 29.8 Å². The average Bonchev–Trinajstić information content (AvgIpc) is 2.53. The Balaban J connectivity index is 2.30. The molecule has 0 atom stereocenters. The molecule has 1 N–H and O–H groups in total. The van der Waals surface area contributed by atoms with E-state index in [1.807, 2.05) is 49.6 Å². The second kappa shape index (κ2) is 5.17. The molecule has 3 rings (SSSR count). The third-order valence-corrected chi connectivity index (χ3v) is 3.25. The zero-order chi connectivity index (χ0) is 13.9. The molecule has 0 amide bonds. The zero-order valence-electron chi connectivity index (χ0n) is 11.4. The van der Waals surface area contributed by atoms with Crippen molar-refractivity contribution < 1.29 is 4.74 Å². The van der Waals surface area contributed by atoms with Crippen molar-refractivity contribution >= 4 is 16.7 Å². The highest BCUT2D eigenvalue weighted by Crippen LogP contribution is 2.31. The van der Waals surface area contributed by atoms with E-state index in [0.29, 0.717) is 0 Å². The number of hydrogen-bond donors (Lipinski definition) is 1. The van der Waals surface area contributed by atoms with Gasteiger partial charge in [0.05, 0.1) is 12.6 Å². The number of nitrogens with one attached hydrogen (secondary N) is 1. The van der Waals surface area contributed by atoms with E-state index in [1.54, 1.807) is 13.3 Å². The summed E-state index contributed by atoms with van der Waals surface area (Å²) in [6.45, 7) is 0. The Bertz CT molecular complexity index is 736. The highest BCUT2D eigenvalue weighted by atomic mass is 16.5. The maximum atomic E-state index is 5.27. The van der Waals surface area contributed by atoms with Gasteiger partial charge in [0.2, 0.25) is 0 Å². The van der Waals surface area contributed by atoms with Crippen molar-refractivity contribution in [3.05, 3.63) is 48.8 Å². The lowest BCUT2D eigenvalue weighted by Gasteiger charge is -2.10. The predicted octanol–water partition coefficient (Wildman–Crippen LogP) is 3.35. The summed E-state index contributed by atoms with van der Waals surface area (Å²) in [7, 11) is 3.52. The van der Waals surface area contributed by atoms with Gasteiger partial charge in [-0.2, -0.15) is 0 Å². The second-order valence-corrected chi connectivity index (χ2v) is 4.43. The van der Waals surface area contributed by atoms with Crippen molar-refractivity contribution in [3.63, 3.8) is 0 Å². The Kier molecular flexibility index (Phi) is 3.21. The van der Waals surface area contributed by atoms with Gasteiger partial charge < -0.3 is 10.1 Å². The first-order chi connectivity index (χ1) is 9.81. The van der Waals surface area contributed by atoms with E-state index in [4.69, 9.17) is 4.74 Å². The SMILES string of the molecule is CNc1cc(-c2cccnc2)c2ccc(OC)cc2n1. The van der Waals surface area contributed by atoms with E-state index in [1.165, 1.54) is 0 Å². The Hall–Kier alpha value is -2.62. The van der Waals surface area contributed by atoms with Crippen molar-refractivity contribution in [2.75, 3.05) is 19.5 Å². The predicted molar refractivity (Wildman–Crippen MR) is 81.1 cm³/mol. The van der Waals surface area contributed by atoms with Gasteiger partial charge in [-0.15, -0.1) is 0 Å². The van der Waals surface area contributed by atoms with Crippen LogP contribution in [0.3, 0.4) is 0 Å². The number of ether oxygens (including phenoxy) is 1. The van der Waals surface area contributed by atoms with E-state index < -0.39 is 0 Å². The minimum absolute atomic E-state index is 0.801. The lowest BCUT2D eigenvalue weighted by Crippen LogP contribution is -1.95. The van der Waals surface area contributed by atoms with Crippen LogP contribution in [0.5, 0.6) is 5.75 Å². The molecule has 0 aliphatic rings. The van der Waals surface area contributed by atoms with Gasteiger partial charge in [0.15, 0.2) is 0 Å². The van der Waals surface area contributed by atoms with Crippen LogP contribution in [0, 0.1) is 0 Å². The van der Waals surface area contributed by atoms with Crippen molar-refractivity contribution in [1.29, 1.82) is 0 Å². The van der Waals surface area contributed by atoms with Crippen LogP contribution in [0.15, 0.2) is 48.8 Å². The highest BCUT2D eigenvalue weighted by Gasteiger charge is 2.08. The fraction of sp³-hybridized carbons (Fsp3) is 0.125. The normalized spacial score (nSPS) is 10.5. The largest absolute Gasteiger partial charge is 0.497 e. The molecule has 0 bridgehead atoms. The fourth-order valence-electron chi connectivity index (χ4n) is 2.22. The summed E-state index contributed by atoms with van der Waals surface area (Å²) in [5.74, 6) is 1.62. The van der Waals surface area contributed by atoms with Crippen molar-refractivity contribution in [2.45, 2.75) is 0 Å². The summed E-state index contributed by atoms with van der Waals surface area (Å²) in [5.41, 5.74) is 3.08. The number of benzene rings is 1. The molecule has 1 aromatic carbocycles. The molecule has 0 saturated heterocycles. The van der Waals surface area contributed by atoms with E-state index in [9.17, 15) is 0 Å². The first kappa shape index (κ1) is 12.4. The van der Waals surface area contributed by atoms with Crippen molar-refractivity contribution in [3.8, 4) is 16.9 Å². The third kappa shape index (κ3) is 2.16. The summed E-state index contributed by atoms with van der Waals surface area (Å²) in [6, 6.07) is 11.9. The minimum Gasteiger partial charge on any atom is -0.497 e. The molecule has 0 unspecified atom stereocenters. The number of pyridine rings is 2. The molecule has 0 saturated carbocycles. The molecule has 0 spiro atoms. The maximum Gasteiger partial charge on any atom is 0.127 e. The Morgan fingerprint density at radius 2 is 2.05 bits per heavy atom. The van der Waals surface area contributed by atoms with E-state index >= 15 is 0 Å². The second-order valence-electron chi connectivity index (χ2n) is 4.43.